The number of anilines is 1. The van der Waals surface area contributed by atoms with Gasteiger partial charge in [-0.1, -0.05) is 36.8 Å². The fourth-order valence-corrected chi connectivity index (χ4v) is 4.06. The minimum absolute atomic E-state index is 0.171. The highest BCUT2D eigenvalue weighted by molar-refractivity contribution is 5.93. The quantitative estimate of drug-likeness (QED) is 0.650. The summed E-state index contributed by atoms with van der Waals surface area (Å²) in [6.07, 6.45) is 4.17. The van der Waals surface area contributed by atoms with Crippen LogP contribution in [0.1, 0.15) is 37.3 Å². The largest absolute Gasteiger partial charge is 0.497 e. The number of rotatable bonds is 8. The van der Waals surface area contributed by atoms with Crippen LogP contribution in [0.4, 0.5) is 5.69 Å². The molecule has 1 heterocycles. The summed E-state index contributed by atoms with van der Waals surface area (Å²) in [4.78, 5) is 16.9. The third kappa shape index (κ3) is 6.07. The number of methoxy groups -OCH3 is 1. The third-order valence-corrected chi connectivity index (χ3v) is 5.98. The molecule has 0 aliphatic carbocycles. The Balaban J connectivity index is 1.50. The molecule has 1 amide bonds. The molecule has 0 aromatic heterocycles. The Morgan fingerprint density at radius 3 is 2.31 bits per heavy atom. The molecule has 4 nitrogen and oxygen atoms in total. The van der Waals surface area contributed by atoms with Crippen molar-refractivity contribution in [3.8, 4) is 5.75 Å². The summed E-state index contributed by atoms with van der Waals surface area (Å²) in [6, 6.07) is 16.7. The maximum Gasteiger partial charge on any atom is 0.226 e. The van der Waals surface area contributed by atoms with Crippen molar-refractivity contribution in [3.63, 3.8) is 0 Å². The van der Waals surface area contributed by atoms with E-state index in [1.165, 1.54) is 30.4 Å². The Morgan fingerprint density at radius 1 is 1.07 bits per heavy atom. The van der Waals surface area contributed by atoms with E-state index in [4.69, 9.17) is 4.74 Å². The molecule has 0 unspecified atom stereocenters. The van der Waals surface area contributed by atoms with E-state index in [-0.39, 0.29) is 5.91 Å². The summed E-state index contributed by atoms with van der Waals surface area (Å²) >= 11 is 0. The van der Waals surface area contributed by atoms with E-state index in [2.05, 4.69) is 36.1 Å². The number of aryl methyl sites for hydroxylation is 1. The topological polar surface area (TPSA) is 32.8 Å². The van der Waals surface area contributed by atoms with Gasteiger partial charge in [-0.2, -0.15) is 0 Å². The normalized spacial score (nSPS) is 15.3. The second kappa shape index (κ2) is 10.4. The second-order valence-electron chi connectivity index (χ2n) is 8.07. The first kappa shape index (κ1) is 21.4. The van der Waals surface area contributed by atoms with Gasteiger partial charge in [-0.05, 0) is 75.0 Å². The average Bonchev–Trinajstić information content (AvgIpc) is 2.76. The number of carbonyl (C=O) groups excluding carboxylic acids is 1. The van der Waals surface area contributed by atoms with E-state index >= 15 is 0 Å². The highest BCUT2D eigenvalue weighted by Crippen LogP contribution is 2.23. The smallest absolute Gasteiger partial charge is 0.226 e. The monoisotopic (exact) mass is 394 g/mol. The SMILES string of the molecule is CCC(=O)N(CCN1CCC(Cc2ccc(C)cc2)CC1)c1ccc(OC)cc1. The van der Waals surface area contributed by atoms with Gasteiger partial charge < -0.3 is 14.5 Å². The van der Waals surface area contributed by atoms with Crippen LogP contribution >= 0.6 is 0 Å². The molecule has 3 rings (SSSR count). The first-order valence-corrected chi connectivity index (χ1v) is 10.8. The molecule has 0 bridgehead atoms. The first-order valence-electron chi connectivity index (χ1n) is 10.8. The Labute approximate surface area is 175 Å². The molecule has 0 radical (unpaired) electrons. The zero-order chi connectivity index (χ0) is 20.6. The van der Waals surface area contributed by atoms with Crippen molar-refractivity contribution < 1.29 is 9.53 Å². The third-order valence-electron chi connectivity index (χ3n) is 5.98. The van der Waals surface area contributed by atoms with Gasteiger partial charge in [0.15, 0.2) is 0 Å². The lowest BCUT2D eigenvalue weighted by atomic mass is 9.90. The van der Waals surface area contributed by atoms with Gasteiger partial charge in [-0.3, -0.25) is 4.79 Å². The lowest BCUT2D eigenvalue weighted by Crippen LogP contribution is -2.42. The molecule has 1 saturated heterocycles. The number of amides is 1. The van der Waals surface area contributed by atoms with Gasteiger partial charge in [0.05, 0.1) is 7.11 Å². The Kier molecular flexibility index (Phi) is 7.70. The van der Waals surface area contributed by atoms with E-state index in [9.17, 15) is 4.79 Å². The molecule has 0 saturated carbocycles. The predicted molar refractivity (Wildman–Crippen MR) is 120 cm³/mol. The van der Waals surface area contributed by atoms with E-state index in [0.717, 1.165) is 43.5 Å². The number of carbonyl (C=O) groups is 1. The zero-order valence-electron chi connectivity index (χ0n) is 18.1. The number of hydrogen-bond donors (Lipinski definition) is 0. The van der Waals surface area contributed by atoms with Gasteiger partial charge >= 0.3 is 0 Å². The maximum absolute atomic E-state index is 12.5. The van der Waals surface area contributed by atoms with E-state index in [1.54, 1.807) is 7.11 Å². The molecule has 1 aliphatic heterocycles. The van der Waals surface area contributed by atoms with Gasteiger partial charge in [-0.25, -0.2) is 0 Å². The molecule has 0 spiro atoms. The van der Waals surface area contributed by atoms with Gasteiger partial charge in [-0.15, -0.1) is 0 Å². The molecule has 29 heavy (non-hydrogen) atoms. The molecule has 2 aromatic carbocycles. The number of hydrogen-bond acceptors (Lipinski definition) is 3. The molecule has 0 atom stereocenters. The highest BCUT2D eigenvalue weighted by atomic mass is 16.5. The molecule has 156 valence electrons. The minimum Gasteiger partial charge on any atom is -0.497 e. The van der Waals surface area contributed by atoms with Crippen molar-refractivity contribution in [2.24, 2.45) is 5.92 Å². The Hall–Kier alpha value is -2.33. The van der Waals surface area contributed by atoms with Gasteiger partial charge in [0.1, 0.15) is 5.75 Å². The predicted octanol–water partition coefficient (Wildman–Crippen LogP) is 4.70. The highest BCUT2D eigenvalue weighted by Gasteiger charge is 2.21. The summed E-state index contributed by atoms with van der Waals surface area (Å²) in [6.45, 7) is 7.97. The molecule has 2 aromatic rings. The number of likely N-dealkylation sites (tertiary alicyclic amines) is 1. The van der Waals surface area contributed by atoms with E-state index < -0.39 is 0 Å². The zero-order valence-corrected chi connectivity index (χ0v) is 18.1. The van der Waals surface area contributed by atoms with Gasteiger partial charge in [0, 0.05) is 25.2 Å². The summed E-state index contributed by atoms with van der Waals surface area (Å²) < 4.78 is 5.24. The summed E-state index contributed by atoms with van der Waals surface area (Å²) in [5.74, 6) is 1.75. The Morgan fingerprint density at radius 2 is 1.72 bits per heavy atom. The van der Waals surface area contributed by atoms with Crippen molar-refractivity contribution in [2.45, 2.75) is 39.5 Å². The number of benzene rings is 2. The van der Waals surface area contributed by atoms with Crippen LogP contribution < -0.4 is 9.64 Å². The van der Waals surface area contributed by atoms with E-state index in [1.807, 2.05) is 36.1 Å². The molecular formula is C25H34N2O2. The van der Waals surface area contributed by atoms with Crippen LogP contribution in [0.15, 0.2) is 48.5 Å². The molecular weight excluding hydrogens is 360 g/mol. The van der Waals surface area contributed by atoms with Crippen LogP contribution in [-0.4, -0.2) is 44.1 Å². The summed E-state index contributed by atoms with van der Waals surface area (Å²) in [5, 5.41) is 0. The second-order valence-corrected chi connectivity index (χ2v) is 8.07. The standard InChI is InChI=1S/C25H34N2O2/c1-4-25(28)27(23-9-11-24(29-3)12-10-23)18-17-26-15-13-22(14-16-26)19-21-7-5-20(2)6-8-21/h5-12,22H,4,13-19H2,1-3H3. The van der Waals surface area contributed by atoms with Crippen LogP contribution in [0.2, 0.25) is 0 Å². The average molecular weight is 395 g/mol. The molecule has 1 fully saturated rings. The summed E-state index contributed by atoms with van der Waals surface area (Å²) in [5.41, 5.74) is 3.73. The maximum atomic E-state index is 12.5. The summed E-state index contributed by atoms with van der Waals surface area (Å²) in [7, 11) is 1.66. The van der Waals surface area contributed by atoms with Gasteiger partial charge in [0.2, 0.25) is 5.91 Å². The van der Waals surface area contributed by atoms with E-state index in [0.29, 0.717) is 6.42 Å². The van der Waals surface area contributed by atoms with Crippen LogP contribution in [0.25, 0.3) is 0 Å². The minimum atomic E-state index is 0.171. The molecule has 1 aliphatic rings. The molecule has 4 heteroatoms. The van der Waals surface area contributed by atoms with Gasteiger partial charge in [0.25, 0.3) is 0 Å². The lowest BCUT2D eigenvalue weighted by molar-refractivity contribution is -0.118. The number of ether oxygens (including phenoxy) is 1. The number of piperidine rings is 1. The van der Waals surface area contributed by atoms with Crippen molar-refractivity contribution in [2.75, 3.05) is 38.2 Å². The van der Waals surface area contributed by atoms with Crippen molar-refractivity contribution >= 4 is 11.6 Å². The van der Waals surface area contributed by atoms with Crippen LogP contribution in [0, 0.1) is 12.8 Å². The Bertz CT molecular complexity index is 762. The van der Waals surface area contributed by atoms with Crippen molar-refractivity contribution in [3.05, 3.63) is 59.7 Å². The first-order chi connectivity index (χ1) is 14.1. The van der Waals surface area contributed by atoms with Crippen molar-refractivity contribution in [1.82, 2.24) is 4.90 Å². The van der Waals surface area contributed by atoms with Crippen LogP contribution in [0.5, 0.6) is 5.75 Å². The van der Waals surface area contributed by atoms with Crippen LogP contribution in [-0.2, 0) is 11.2 Å². The lowest BCUT2D eigenvalue weighted by Gasteiger charge is -2.33. The fourth-order valence-electron chi connectivity index (χ4n) is 4.06. The van der Waals surface area contributed by atoms with Crippen LogP contribution in [0.3, 0.4) is 0 Å². The molecule has 0 N–H and O–H groups in total. The van der Waals surface area contributed by atoms with Crippen molar-refractivity contribution in [1.29, 1.82) is 0 Å². The number of nitrogens with zero attached hydrogens (tertiary/aromatic N) is 2. The fraction of sp³-hybridized carbons (Fsp3) is 0.480.